The van der Waals surface area contributed by atoms with E-state index < -0.39 is 0 Å². The predicted octanol–water partition coefficient (Wildman–Crippen LogP) is 2.39. The van der Waals surface area contributed by atoms with Crippen molar-refractivity contribution in [2.75, 3.05) is 6.54 Å². The number of carbonyl (C=O) groups excluding carboxylic acids is 1. The molecular weight excluding hydrogens is 231 g/mol. The lowest BCUT2D eigenvalue weighted by Gasteiger charge is -2.21. The van der Waals surface area contributed by atoms with Crippen molar-refractivity contribution in [3.8, 4) is 0 Å². The van der Waals surface area contributed by atoms with Gasteiger partial charge < -0.3 is 10.6 Å². The highest BCUT2D eigenvalue weighted by atomic mass is 19.1. The van der Waals surface area contributed by atoms with Crippen molar-refractivity contribution in [2.24, 2.45) is 0 Å². The van der Waals surface area contributed by atoms with E-state index in [-0.39, 0.29) is 29.8 Å². The summed E-state index contributed by atoms with van der Waals surface area (Å²) in [5, 5.41) is 5.93. The Labute approximate surface area is 108 Å². The summed E-state index contributed by atoms with van der Waals surface area (Å²) >= 11 is 0. The molecule has 0 aliphatic rings. The van der Waals surface area contributed by atoms with E-state index in [4.69, 9.17) is 0 Å². The Hall–Kier alpha value is -1.42. The Balaban J connectivity index is 2.50. The molecule has 0 radical (unpaired) electrons. The number of benzene rings is 1. The maximum Gasteiger partial charge on any atom is 0.234 e. The number of halogens is 1. The van der Waals surface area contributed by atoms with Crippen LogP contribution in [0, 0.1) is 5.82 Å². The molecular formula is C14H21FN2O. The third kappa shape index (κ3) is 5.27. The van der Waals surface area contributed by atoms with E-state index in [1.807, 2.05) is 27.7 Å². The highest BCUT2D eigenvalue weighted by Gasteiger charge is 2.13. The first-order valence-corrected chi connectivity index (χ1v) is 6.08. The summed E-state index contributed by atoms with van der Waals surface area (Å²) in [4.78, 5) is 11.7. The van der Waals surface area contributed by atoms with E-state index >= 15 is 0 Å². The molecule has 1 aromatic carbocycles. The Morgan fingerprint density at radius 1 is 1.39 bits per heavy atom. The molecule has 0 aliphatic heterocycles. The highest BCUT2D eigenvalue weighted by Crippen LogP contribution is 2.13. The minimum atomic E-state index is -0.290. The molecule has 1 rings (SSSR count). The van der Waals surface area contributed by atoms with Crippen LogP contribution in [0.3, 0.4) is 0 Å². The van der Waals surface area contributed by atoms with E-state index in [0.29, 0.717) is 0 Å². The van der Waals surface area contributed by atoms with Gasteiger partial charge in [-0.1, -0.05) is 12.1 Å². The summed E-state index contributed by atoms with van der Waals surface area (Å²) in [6.45, 7) is 8.08. The van der Waals surface area contributed by atoms with Gasteiger partial charge in [0.15, 0.2) is 0 Å². The second-order valence-electron chi connectivity index (χ2n) is 5.45. The molecule has 1 atom stereocenters. The Bertz CT molecular complexity index is 413. The monoisotopic (exact) mass is 252 g/mol. The summed E-state index contributed by atoms with van der Waals surface area (Å²) in [7, 11) is 0. The first-order valence-electron chi connectivity index (χ1n) is 6.08. The topological polar surface area (TPSA) is 41.1 Å². The van der Waals surface area contributed by atoms with Gasteiger partial charge in [-0.25, -0.2) is 4.39 Å². The third-order valence-corrected chi connectivity index (χ3v) is 2.51. The van der Waals surface area contributed by atoms with E-state index in [1.54, 1.807) is 12.1 Å². The van der Waals surface area contributed by atoms with Crippen molar-refractivity contribution in [1.82, 2.24) is 10.6 Å². The van der Waals surface area contributed by atoms with Crippen LogP contribution in [0.1, 0.15) is 39.3 Å². The summed E-state index contributed by atoms with van der Waals surface area (Å²) in [6.07, 6.45) is 0. The molecule has 0 fully saturated rings. The minimum Gasteiger partial charge on any atom is -0.348 e. The molecule has 0 spiro atoms. The predicted molar refractivity (Wildman–Crippen MR) is 70.7 cm³/mol. The van der Waals surface area contributed by atoms with Crippen LogP contribution < -0.4 is 10.6 Å². The Morgan fingerprint density at radius 2 is 2.06 bits per heavy atom. The van der Waals surface area contributed by atoms with Crippen LogP contribution in [0.4, 0.5) is 4.39 Å². The third-order valence-electron chi connectivity index (χ3n) is 2.51. The number of rotatable bonds is 4. The normalized spacial score (nSPS) is 13.2. The summed E-state index contributed by atoms with van der Waals surface area (Å²) in [5.74, 6) is -0.386. The number of nitrogens with one attached hydrogen (secondary N) is 2. The first kappa shape index (κ1) is 14.6. The van der Waals surface area contributed by atoms with Gasteiger partial charge in [-0.2, -0.15) is 0 Å². The van der Waals surface area contributed by atoms with Crippen molar-refractivity contribution in [3.63, 3.8) is 0 Å². The molecule has 100 valence electrons. The molecule has 0 unspecified atom stereocenters. The van der Waals surface area contributed by atoms with Crippen LogP contribution in [0.5, 0.6) is 0 Å². The SMILES string of the molecule is C[C@@H](NC(=O)CNC(C)(C)C)c1cccc(F)c1. The quantitative estimate of drug-likeness (QED) is 0.864. The molecule has 0 aliphatic carbocycles. The zero-order chi connectivity index (χ0) is 13.8. The molecule has 2 N–H and O–H groups in total. The molecule has 1 aromatic rings. The van der Waals surface area contributed by atoms with Crippen molar-refractivity contribution in [3.05, 3.63) is 35.6 Å². The second kappa shape index (κ2) is 5.96. The van der Waals surface area contributed by atoms with Gasteiger partial charge in [0.2, 0.25) is 5.91 Å². The van der Waals surface area contributed by atoms with Crippen molar-refractivity contribution < 1.29 is 9.18 Å². The van der Waals surface area contributed by atoms with Crippen LogP contribution in [-0.2, 0) is 4.79 Å². The smallest absolute Gasteiger partial charge is 0.234 e. The lowest BCUT2D eigenvalue weighted by molar-refractivity contribution is -0.121. The van der Waals surface area contributed by atoms with Gasteiger partial charge in [0, 0.05) is 5.54 Å². The van der Waals surface area contributed by atoms with Gasteiger partial charge in [0.1, 0.15) is 5.82 Å². The van der Waals surface area contributed by atoms with Gasteiger partial charge in [0.25, 0.3) is 0 Å². The van der Waals surface area contributed by atoms with E-state index in [0.717, 1.165) is 5.56 Å². The number of carbonyl (C=O) groups is 1. The molecule has 18 heavy (non-hydrogen) atoms. The van der Waals surface area contributed by atoms with Crippen LogP contribution in [0.15, 0.2) is 24.3 Å². The molecule has 0 saturated heterocycles. The lowest BCUT2D eigenvalue weighted by Crippen LogP contribution is -2.43. The summed E-state index contributed by atoms with van der Waals surface area (Å²) in [5.41, 5.74) is 0.665. The standard InChI is InChI=1S/C14H21FN2O/c1-10(11-6-5-7-12(15)8-11)17-13(18)9-16-14(2,3)4/h5-8,10,16H,9H2,1-4H3,(H,17,18)/t10-/m1/s1. The van der Waals surface area contributed by atoms with Gasteiger partial charge in [-0.3, -0.25) is 4.79 Å². The number of hydrogen-bond donors (Lipinski definition) is 2. The van der Waals surface area contributed by atoms with Crippen molar-refractivity contribution >= 4 is 5.91 Å². The zero-order valence-electron chi connectivity index (χ0n) is 11.4. The number of amides is 1. The highest BCUT2D eigenvalue weighted by molar-refractivity contribution is 5.78. The first-order chi connectivity index (χ1) is 8.28. The molecule has 0 bridgehead atoms. The van der Waals surface area contributed by atoms with Gasteiger partial charge in [0.05, 0.1) is 12.6 Å². The van der Waals surface area contributed by atoms with Gasteiger partial charge in [-0.05, 0) is 45.4 Å². The van der Waals surface area contributed by atoms with Crippen LogP contribution >= 0.6 is 0 Å². The van der Waals surface area contributed by atoms with Crippen LogP contribution in [0.2, 0.25) is 0 Å². The molecule has 0 heterocycles. The van der Waals surface area contributed by atoms with Crippen LogP contribution in [0.25, 0.3) is 0 Å². The second-order valence-corrected chi connectivity index (χ2v) is 5.45. The summed E-state index contributed by atoms with van der Waals surface area (Å²) in [6, 6.07) is 6.06. The molecule has 0 saturated carbocycles. The fourth-order valence-corrected chi connectivity index (χ4v) is 1.50. The fraction of sp³-hybridized carbons (Fsp3) is 0.500. The Kier molecular flexibility index (Phi) is 4.84. The largest absolute Gasteiger partial charge is 0.348 e. The Morgan fingerprint density at radius 3 is 2.61 bits per heavy atom. The van der Waals surface area contributed by atoms with E-state index in [1.165, 1.54) is 12.1 Å². The molecule has 3 nitrogen and oxygen atoms in total. The minimum absolute atomic E-state index is 0.0957. The van der Waals surface area contributed by atoms with Crippen LogP contribution in [-0.4, -0.2) is 18.0 Å². The van der Waals surface area contributed by atoms with E-state index in [2.05, 4.69) is 10.6 Å². The maximum atomic E-state index is 13.0. The zero-order valence-corrected chi connectivity index (χ0v) is 11.4. The van der Waals surface area contributed by atoms with Crippen molar-refractivity contribution in [1.29, 1.82) is 0 Å². The maximum absolute atomic E-state index is 13.0. The van der Waals surface area contributed by atoms with Gasteiger partial charge >= 0.3 is 0 Å². The average Bonchev–Trinajstić information content (AvgIpc) is 2.25. The molecule has 4 heteroatoms. The van der Waals surface area contributed by atoms with Crippen molar-refractivity contribution in [2.45, 2.75) is 39.3 Å². The van der Waals surface area contributed by atoms with E-state index in [9.17, 15) is 9.18 Å². The molecule has 0 aromatic heterocycles. The summed E-state index contributed by atoms with van der Waals surface area (Å²) < 4.78 is 13.0. The molecule has 1 amide bonds. The average molecular weight is 252 g/mol. The lowest BCUT2D eigenvalue weighted by atomic mass is 10.1. The van der Waals surface area contributed by atoms with Gasteiger partial charge in [-0.15, -0.1) is 0 Å². The fourth-order valence-electron chi connectivity index (χ4n) is 1.50. The number of hydrogen-bond acceptors (Lipinski definition) is 2.